The fourth-order valence-corrected chi connectivity index (χ4v) is 5.04. The number of benzene rings is 3. The van der Waals surface area contributed by atoms with Gasteiger partial charge in [0.25, 0.3) is 5.91 Å². The summed E-state index contributed by atoms with van der Waals surface area (Å²) >= 11 is 0. The van der Waals surface area contributed by atoms with Gasteiger partial charge in [-0.25, -0.2) is 14.6 Å². The number of fused-ring (bicyclic) bond motifs is 1. The number of imidazole rings is 1. The summed E-state index contributed by atoms with van der Waals surface area (Å²) in [6.07, 6.45) is 4.50. The quantitative estimate of drug-likeness (QED) is 0.319. The van der Waals surface area contributed by atoms with Gasteiger partial charge in [-0.2, -0.15) is 0 Å². The normalized spacial score (nSPS) is 16.4. The second kappa shape index (κ2) is 10.9. The average molecular weight is 511 g/mol. The highest BCUT2D eigenvalue weighted by Gasteiger charge is 2.56. The van der Waals surface area contributed by atoms with Crippen molar-refractivity contribution in [2.75, 3.05) is 0 Å². The van der Waals surface area contributed by atoms with Crippen molar-refractivity contribution in [1.29, 1.82) is 0 Å². The number of imide groups is 1. The summed E-state index contributed by atoms with van der Waals surface area (Å²) < 4.78 is 1.86. The average Bonchev–Trinajstić information content (AvgIpc) is 3.51. The summed E-state index contributed by atoms with van der Waals surface area (Å²) in [6, 6.07) is 21.3. The van der Waals surface area contributed by atoms with Gasteiger partial charge in [0.15, 0.2) is 6.04 Å². The van der Waals surface area contributed by atoms with Crippen molar-refractivity contribution >= 4 is 28.7 Å². The SMILES string of the molecule is CCCCc1ncc(C(=O)NC(=O)N2[C@H](Cc3ccccc3)[C@@H]2C(=O)O)n1Cc1cccc2ccccc12. The largest absolute Gasteiger partial charge is 0.480 e. The summed E-state index contributed by atoms with van der Waals surface area (Å²) in [4.78, 5) is 43.9. The molecule has 3 amide bonds. The molecule has 38 heavy (non-hydrogen) atoms. The Morgan fingerprint density at radius 2 is 1.71 bits per heavy atom. The third kappa shape index (κ3) is 5.16. The van der Waals surface area contributed by atoms with E-state index in [2.05, 4.69) is 23.3 Å². The van der Waals surface area contributed by atoms with Crippen LogP contribution in [0.1, 0.15) is 47.2 Å². The first-order valence-electron chi connectivity index (χ1n) is 12.9. The summed E-state index contributed by atoms with van der Waals surface area (Å²) in [5.41, 5.74) is 2.24. The standard InChI is InChI=1S/C30H30N4O4/c1-2-3-16-26-31-18-25(33(26)19-22-14-9-13-21-12-7-8-15-23(21)22)28(35)32-30(38)34-24(27(34)29(36)37)17-20-10-5-4-6-11-20/h4-15,18,24,27H,2-3,16-17,19H2,1H3,(H,36,37)(H,32,35,38)/t24-,27-,34?/m1/s1. The number of hydrogen-bond donors (Lipinski definition) is 2. The van der Waals surface area contributed by atoms with Gasteiger partial charge in [-0.1, -0.05) is 86.1 Å². The number of aliphatic carboxylic acids is 1. The van der Waals surface area contributed by atoms with E-state index in [9.17, 15) is 19.5 Å². The Hall–Kier alpha value is -4.46. The van der Waals surface area contributed by atoms with Gasteiger partial charge in [0.1, 0.15) is 11.5 Å². The van der Waals surface area contributed by atoms with Crippen molar-refractivity contribution in [2.45, 2.75) is 51.2 Å². The van der Waals surface area contributed by atoms with Gasteiger partial charge in [-0.05, 0) is 34.7 Å². The molecule has 1 fully saturated rings. The molecular weight excluding hydrogens is 480 g/mol. The molecule has 2 heterocycles. The number of unbranched alkanes of at least 4 members (excludes halogenated alkanes) is 1. The number of aromatic nitrogens is 2. The number of carbonyl (C=O) groups is 3. The minimum atomic E-state index is -1.09. The highest BCUT2D eigenvalue weighted by molar-refractivity contribution is 6.05. The van der Waals surface area contributed by atoms with Gasteiger partial charge < -0.3 is 14.6 Å². The van der Waals surface area contributed by atoms with Crippen LogP contribution in [0.3, 0.4) is 0 Å². The van der Waals surface area contributed by atoms with E-state index in [1.165, 1.54) is 11.1 Å². The van der Waals surface area contributed by atoms with Crippen LogP contribution >= 0.6 is 0 Å². The summed E-state index contributed by atoms with van der Waals surface area (Å²) in [6.45, 7) is 2.52. The molecule has 3 aromatic carbocycles. The van der Waals surface area contributed by atoms with Gasteiger partial charge in [0.05, 0.1) is 18.8 Å². The number of urea groups is 1. The van der Waals surface area contributed by atoms with Crippen LogP contribution < -0.4 is 5.32 Å². The smallest absolute Gasteiger partial charge is 0.328 e. The Kier molecular flexibility index (Phi) is 7.22. The van der Waals surface area contributed by atoms with E-state index in [0.29, 0.717) is 19.4 Å². The third-order valence-corrected chi connectivity index (χ3v) is 7.06. The molecule has 1 saturated heterocycles. The zero-order chi connectivity index (χ0) is 26.6. The molecule has 1 aliphatic heterocycles. The molecule has 0 radical (unpaired) electrons. The van der Waals surface area contributed by atoms with Gasteiger partial charge in [0, 0.05) is 6.42 Å². The Bertz CT molecular complexity index is 1470. The highest BCUT2D eigenvalue weighted by Crippen LogP contribution is 2.32. The van der Waals surface area contributed by atoms with E-state index in [0.717, 1.165) is 40.6 Å². The molecule has 0 saturated carbocycles. The zero-order valence-corrected chi connectivity index (χ0v) is 21.2. The van der Waals surface area contributed by atoms with Gasteiger partial charge in [0.2, 0.25) is 0 Å². The molecule has 0 spiro atoms. The number of nitrogens with one attached hydrogen (secondary N) is 1. The molecule has 2 atom stereocenters. The maximum atomic E-state index is 13.3. The minimum Gasteiger partial charge on any atom is -0.480 e. The van der Waals surface area contributed by atoms with E-state index in [-0.39, 0.29) is 5.69 Å². The molecule has 5 rings (SSSR count). The molecule has 8 nitrogen and oxygen atoms in total. The molecular formula is C30H30N4O4. The molecule has 1 aromatic heterocycles. The van der Waals surface area contributed by atoms with E-state index in [1.807, 2.05) is 71.3 Å². The van der Waals surface area contributed by atoms with Crippen molar-refractivity contribution in [1.82, 2.24) is 19.8 Å². The summed E-state index contributed by atoms with van der Waals surface area (Å²) in [5.74, 6) is -0.911. The number of nitrogens with zero attached hydrogens (tertiary/aromatic N) is 3. The van der Waals surface area contributed by atoms with Crippen LogP contribution in [-0.4, -0.2) is 49.5 Å². The predicted octanol–water partition coefficient (Wildman–Crippen LogP) is 4.66. The number of aryl methyl sites for hydroxylation is 1. The minimum absolute atomic E-state index is 0.269. The van der Waals surface area contributed by atoms with Crippen LogP contribution in [0.15, 0.2) is 79.0 Å². The molecule has 8 heteroatoms. The maximum absolute atomic E-state index is 13.3. The topological polar surface area (TPSA) is 104 Å². The first-order chi connectivity index (χ1) is 18.5. The number of carbonyl (C=O) groups excluding carboxylic acids is 2. The number of amides is 3. The number of hydrogen-bond acceptors (Lipinski definition) is 4. The summed E-state index contributed by atoms with van der Waals surface area (Å²) in [7, 11) is 0. The Labute approximate surface area is 220 Å². The Balaban J connectivity index is 1.37. The number of carboxylic acid groups (broad SMARTS) is 1. The molecule has 1 aliphatic rings. The third-order valence-electron chi connectivity index (χ3n) is 7.06. The van der Waals surface area contributed by atoms with Crippen molar-refractivity contribution in [2.24, 2.45) is 0 Å². The maximum Gasteiger partial charge on any atom is 0.328 e. The van der Waals surface area contributed by atoms with Crippen molar-refractivity contribution in [3.63, 3.8) is 0 Å². The van der Waals surface area contributed by atoms with Crippen LogP contribution in [0.25, 0.3) is 10.8 Å². The fourth-order valence-electron chi connectivity index (χ4n) is 5.04. The zero-order valence-electron chi connectivity index (χ0n) is 21.2. The molecule has 0 unspecified atom stereocenters. The predicted molar refractivity (Wildman–Crippen MR) is 144 cm³/mol. The lowest BCUT2D eigenvalue weighted by molar-refractivity contribution is -0.137. The molecule has 2 N–H and O–H groups in total. The first-order valence-corrected chi connectivity index (χ1v) is 12.9. The van der Waals surface area contributed by atoms with Crippen LogP contribution in [0.2, 0.25) is 0 Å². The van der Waals surface area contributed by atoms with Gasteiger partial charge >= 0.3 is 12.0 Å². The van der Waals surface area contributed by atoms with E-state index >= 15 is 0 Å². The lowest BCUT2D eigenvalue weighted by Gasteiger charge is -2.14. The monoisotopic (exact) mass is 510 g/mol. The lowest BCUT2D eigenvalue weighted by Crippen LogP contribution is -2.37. The first kappa shape index (κ1) is 25.2. The van der Waals surface area contributed by atoms with E-state index in [1.54, 1.807) is 0 Å². The second-order valence-electron chi connectivity index (χ2n) is 9.59. The van der Waals surface area contributed by atoms with Crippen molar-refractivity contribution in [3.8, 4) is 0 Å². The molecule has 0 aliphatic carbocycles. The fraction of sp³-hybridized carbons (Fsp3) is 0.267. The highest BCUT2D eigenvalue weighted by atomic mass is 16.4. The van der Waals surface area contributed by atoms with Gasteiger partial charge in [-0.15, -0.1) is 0 Å². The second-order valence-corrected chi connectivity index (χ2v) is 9.59. The molecule has 194 valence electrons. The van der Waals surface area contributed by atoms with Crippen molar-refractivity contribution in [3.05, 3.63) is 102 Å². The van der Waals surface area contributed by atoms with Crippen LogP contribution in [0, 0.1) is 0 Å². The van der Waals surface area contributed by atoms with Crippen LogP contribution in [0.4, 0.5) is 4.79 Å². The van der Waals surface area contributed by atoms with Crippen LogP contribution in [0.5, 0.6) is 0 Å². The van der Waals surface area contributed by atoms with E-state index < -0.39 is 30.0 Å². The van der Waals surface area contributed by atoms with E-state index in [4.69, 9.17) is 0 Å². The Morgan fingerprint density at radius 3 is 2.47 bits per heavy atom. The number of rotatable bonds is 9. The van der Waals surface area contributed by atoms with Crippen molar-refractivity contribution < 1.29 is 19.5 Å². The van der Waals surface area contributed by atoms with Gasteiger partial charge in [-0.3, -0.25) is 10.1 Å². The molecule has 0 bridgehead atoms. The lowest BCUT2D eigenvalue weighted by atomic mass is 10.0. The Morgan fingerprint density at radius 1 is 0.974 bits per heavy atom. The summed E-state index contributed by atoms with van der Waals surface area (Å²) in [5, 5.41) is 14.2. The molecule has 4 aromatic rings. The number of carboxylic acids is 1. The van der Waals surface area contributed by atoms with Crippen LogP contribution in [-0.2, 0) is 24.2 Å².